The molecule has 3 heteroatoms. The molecule has 0 spiro atoms. The van der Waals surface area contributed by atoms with Gasteiger partial charge in [0.25, 0.3) is 0 Å². The molecule has 0 amide bonds. The summed E-state index contributed by atoms with van der Waals surface area (Å²) >= 11 is 12.2. The zero-order valence-corrected chi connectivity index (χ0v) is 12.4. The summed E-state index contributed by atoms with van der Waals surface area (Å²) in [6.07, 6.45) is 6.81. The van der Waals surface area contributed by atoms with Crippen molar-refractivity contribution in [2.24, 2.45) is 5.41 Å². The molecule has 0 bridgehead atoms. The van der Waals surface area contributed by atoms with E-state index in [9.17, 15) is 0 Å². The molecule has 0 unspecified atom stereocenters. The van der Waals surface area contributed by atoms with Gasteiger partial charge in [0.05, 0.1) is 10.0 Å². The van der Waals surface area contributed by atoms with Gasteiger partial charge >= 0.3 is 0 Å². The van der Waals surface area contributed by atoms with E-state index in [0.717, 1.165) is 18.7 Å². The van der Waals surface area contributed by atoms with Crippen LogP contribution < -0.4 is 5.32 Å². The Hall–Kier alpha value is -0.240. The van der Waals surface area contributed by atoms with Gasteiger partial charge in [-0.15, -0.1) is 0 Å². The van der Waals surface area contributed by atoms with Gasteiger partial charge in [-0.1, -0.05) is 61.5 Å². The molecule has 0 aromatic heterocycles. The minimum absolute atomic E-state index is 0.462. The topological polar surface area (TPSA) is 12.0 Å². The van der Waals surface area contributed by atoms with Crippen LogP contribution in [0.5, 0.6) is 0 Å². The molecular formula is C15H21Cl2N. The highest BCUT2D eigenvalue weighted by molar-refractivity contribution is 6.42. The van der Waals surface area contributed by atoms with Gasteiger partial charge in [0, 0.05) is 13.1 Å². The quantitative estimate of drug-likeness (QED) is 0.816. The van der Waals surface area contributed by atoms with Crippen molar-refractivity contribution in [1.82, 2.24) is 5.32 Å². The molecule has 1 aromatic rings. The molecule has 100 valence electrons. The number of benzene rings is 1. The Kier molecular flexibility index (Phi) is 4.94. The lowest BCUT2D eigenvalue weighted by molar-refractivity contribution is 0.207. The predicted octanol–water partition coefficient (Wildman–Crippen LogP) is 5.05. The van der Waals surface area contributed by atoms with Crippen LogP contribution in [0.4, 0.5) is 0 Å². The largest absolute Gasteiger partial charge is 0.312 e. The average Bonchev–Trinajstić information content (AvgIpc) is 2.35. The second-order valence-corrected chi connectivity index (χ2v) is 6.47. The third-order valence-electron chi connectivity index (χ3n) is 3.96. The van der Waals surface area contributed by atoms with E-state index in [-0.39, 0.29) is 0 Å². The molecule has 0 heterocycles. The van der Waals surface area contributed by atoms with Crippen LogP contribution in [0.15, 0.2) is 18.2 Å². The highest BCUT2D eigenvalue weighted by Gasteiger charge is 2.26. The standard InChI is InChI=1S/C15H21Cl2N/c1-15(8-3-2-4-9-15)11-18-10-12-6-5-7-13(16)14(12)17/h5-7,18H,2-4,8-11H2,1H3. The molecule has 0 saturated heterocycles. The van der Waals surface area contributed by atoms with E-state index in [2.05, 4.69) is 12.2 Å². The van der Waals surface area contributed by atoms with E-state index >= 15 is 0 Å². The monoisotopic (exact) mass is 285 g/mol. The van der Waals surface area contributed by atoms with Gasteiger partial charge in [-0.05, 0) is 29.9 Å². The van der Waals surface area contributed by atoms with Crippen LogP contribution in [-0.2, 0) is 6.54 Å². The molecule has 1 saturated carbocycles. The van der Waals surface area contributed by atoms with Crippen molar-refractivity contribution in [2.45, 2.75) is 45.6 Å². The Labute approximate surface area is 120 Å². The summed E-state index contributed by atoms with van der Waals surface area (Å²) < 4.78 is 0. The zero-order valence-electron chi connectivity index (χ0n) is 10.9. The number of hydrogen-bond donors (Lipinski definition) is 1. The molecule has 0 aliphatic heterocycles. The van der Waals surface area contributed by atoms with Crippen LogP contribution >= 0.6 is 23.2 Å². The fraction of sp³-hybridized carbons (Fsp3) is 0.600. The maximum absolute atomic E-state index is 6.18. The molecule has 18 heavy (non-hydrogen) atoms. The molecule has 1 aliphatic rings. The van der Waals surface area contributed by atoms with E-state index in [1.165, 1.54) is 32.1 Å². The average molecular weight is 286 g/mol. The van der Waals surface area contributed by atoms with Crippen LogP contribution in [0, 0.1) is 5.41 Å². The Balaban J connectivity index is 1.86. The van der Waals surface area contributed by atoms with Gasteiger partial charge in [-0.25, -0.2) is 0 Å². The first kappa shape index (κ1) is 14.2. The lowest BCUT2D eigenvalue weighted by atomic mass is 9.76. The first-order valence-electron chi connectivity index (χ1n) is 6.74. The third-order valence-corrected chi connectivity index (χ3v) is 4.82. The fourth-order valence-electron chi connectivity index (χ4n) is 2.77. The lowest BCUT2D eigenvalue weighted by Gasteiger charge is -2.33. The smallest absolute Gasteiger partial charge is 0.0637 e. The van der Waals surface area contributed by atoms with Gasteiger partial charge in [-0.3, -0.25) is 0 Å². The van der Waals surface area contributed by atoms with Gasteiger partial charge in [-0.2, -0.15) is 0 Å². The van der Waals surface area contributed by atoms with E-state index < -0.39 is 0 Å². The van der Waals surface area contributed by atoms with Gasteiger partial charge < -0.3 is 5.32 Å². The minimum atomic E-state index is 0.462. The molecule has 1 nitrogen and oxygen atoms in total. The van der Waals surface area contributed by atoms with Crippen LogP contribution in [0.3, 0.4) is 0 Å². The van der Waals surface area contributed by atoms with E-state index in [4.69, 9.17) is 23.2 Å². The van der Waals surface area contributed by atoms with Crippen molar-refractivity contribution in [1.29, 1.82) is 0 Å². The molecule has 1 fully saturated rings. The van der Waals surface area contributed by atoms with Gasteiger partial charge in [0.15, 0.2) is 0 Å². The van der Waals surface area contributed by atoms with Gasteiger partial charge in [0.1, 0.15) is 0 Å². The van der Waals surface area contributed by atoms with E-state index in [0.29, 0.717) is 15.5 Å². The van der Waals surface area contributed by atoms with E-state index in [1.807, 2.05) is 18.2 Å². The first-order chi connectivity index (χ1) is 8.61. The summed E-state index contributed by atoms with van der Waals surface area (Å²) in [4.78, 5) is 0. The number of halogens is 2. The number of rotatable bonds is 4. The highest BCUT2D eigenvalue weighted by atomic mass is 35.5. The summed E-state index contributed by atoms with van der Waals surface area (Å²) in [5.74, 6) is 0. The second-order valence-electron chi connectivity index (χ2n) is 5.69. The number of hydrogen-bond acceptors (Lipinski definition) is 1. The predicted molar refractivity (Wildman–Crippen MR) is 79.4 cm³/mol. The summed E-state index contributed by atoms with van der Waals surface area (Å²) in [6.45, 7) is 4.25. The summed E-state index contributed by atoms with van der Waals surface area (Å²) in [5.41, 5.74) is 1.55. The maximum atomic E-state index is 6.18. The van der Waals surface area contributed by atoms with Crippen LogP contribution in [0.2, 0.25) is 10.0 Å². The van der Waals surface area contributed by atoms with Crippen molar-refractivity contribution in [3.05, 3.63) is 33.8 Å². The normalized spacial score (nSPS) is 18.8. The third kappa shape index (κ3) is 3.63. The van der Waals surface area contributed by atoms with Crippen LogP contribution in [0.1, 0.15) is 44.6 Å². The van der Waals surface area contributed by atoms with Crippen molar-refractivity contribution >= 4 is 23.2 Å². The summed E-state index contributed by atoms with van der Waals surface area (Å²) in [6, 6.07) is 5.81. The Morgan fingerprint density at radius 2 is 1.89 bits per heavy atom. The highest BCUT2D eigenvalue weighted by Crippen LogP contribution is 2.35. The van der Waals surface area contributed by atoms with Crippen LogP contribution in [-0.4, -0.2) is 6.54 Å². The molecular weight excluding hydrogens is 265 g/mol. The maximum Gasteiger partial charge on any atom is 0.0637 e. The lowest BCUT2D eigenvalue weighted by Crippen LogP contribution is -2.33. The molecule has 1 aliphatic carbocycles. The summed E-state index contributed by atoms with van der Waals surface area (Å²) in [5, 5.41) is 4.86. The molecule has 2 rings (SSSR count). The summed E-state index contributed by atoms with van der Waals surface area (Å²) in [7, 11) is 0. The van der Waals surface area contributed by atoms with Crippen molar-refractivity contribution in [3.63, 3.8) is 0 Å². The molecule has 0 atom stereocenters. The second kappa shape index (κ2) is 6.27. The van der Waals surface area contributed by atoms with Crippen molar-refractivity contribution < 1.29 is 0 Å². The van der Waals surface area contributed by atoms with Crippen molar-refractivity contribution in [2.75, 3.05) is 6.54 Å². The first-order valence-corrected chi connectivity index (χ1v) is 7.50. The fourth-order valence-corrected chi connectivity index (χ4v) is 3.15. The molecule has 1 aromatic carbocycles. The Bertz CT molecular complexity index is 397. The molecule has 0 radical (unpaired) electrons. The number of nitrogens with one attached hydrogen (secondary N) is 1. The van der Waals surface area contributed by atoms with E-state index in [1.54, 1.807) is 0 Å². The Morgan fingerprint density at radius 3 is 2.61 bits per heavy atom. The zero-order chi connectivity index (χ0) is 13.0. The Morgan fingerprint density at radius 1 is 1.17 bits per heavy atom. The molecule has 1 N–H and O–H groups in total. The minimum Gasteiger partial charge on any atom is -0.312 e. The SMILES string of the molecule is CC1(CNCc2cccc(Cl)c2Cl)CCCCC1. The van der Waals surface area contributed by atoms with Gasteiger partial charge in [0.2, 0.25) is 0 Å². The van der Waals surface area contributed by atoms with Crippen LogP contribution in [0.25, 0.3) is 0 Å². The van der Waals surface area contributed by atoms with Crippen molar-refractivity contribution in [3.8, 4) is 0 Å².